The van der Waals surface area contributed by atoms with Gasteiger partial charge in [-0.25, -0.2) is 0 Å². The fourth-order valence-electron chi connectivity index (χ4n) is 6.97. The van der Waals surface area contributed by atoms with Crippen LogP contribution in [0.3, 0.4) is 0 Å². The van der Waals surface area contributed by atoms with E-state index in [1.54, 1.807) is 28.8 Å². The highest BCUT2D eigenvalue weighted by molar-refractivity contribution is 7.80. The molecule has 0 saturated carbocycles. The summed E-state index contributed by atoms with van der Waals surface area (Å²) < 4.78 is 56.7. The molecule has 0 aliphatic carbocycles. The van der Waals surface area contributed by atoms with Gasteiger partial charge in [0.15, 0.2) is 0 Å². The summed E-state index contributed by atoms with van der Waals surface area (Å²) in [4.78, 5) is 63.9. The SMILES string of the molecule is NC(=S)c1cccc(-c2cn(CC(CF)CF)c3cc(NC(=O)CCOCCOCCOCCOCCOc4cccc5c4C(=O)N(C4CCC(=O)NC4=O)C5=O)ccc23)c1. The van der Waals surface area contributed by atoms with E-state index in [9.17, 15) is 32.8 Å². The average Bonchev–Trinajstić information content (AvgIpc) is 3.74. The third kappa shape index (κ3) is 11.4. The van der Waals surface area contributed by atoms with Crippen molar-refractivity contribution in [3.8, 4) is 16.9 Å². The first-order chi connectivity index (χ1) is 29.6. The van der Waals surface area contributed by atoms with Gasteiger partial charge < -0.3 is 39.3 Å². The van der Waals surface area contributed by atoms with E-state index in [0.717, 1.165) is 21.4 Å². The standard InChI is InChI=1S/C43H47F2N5O10S/c44-23-27(24-45)25-49-26-33(28-3-1-4-29(21-28)40(46)61)31-8-7-30(22-35(31)49)47-38(52)11-12-56-13-14-57-15-16-58-17-18-59-19-20-60-36-6-2-5-32-39(36)43(55)50(42(32)54)34-9-10-37(51)48-41(34)53/h1-8,21-22,26-27,34H,9-20,23-25H2,(H2,46,61)(H,47,52)(H,48,51,53). The van der Waals surface area contributed by atoms with Gasteiger partial charge in [-0.05, 0) is 42.3 Å². The highest BCUT2D eigenvalue weighted by atomic mass is 32.1. The zero-order valence-corrected chi connectivity index (χ0v) is 34.1. The van der Waals surface area contributed by atoms with Gasteiger partial charge >= 0.3 is 0 Å². The molecule has 2 aliphatic heterocycles. The summed E-state index contributed by atoms with van der Waals surface area (Å²) in [5.74, 6) is -3.25. The number of imide groups is 2. The van der Waals surface area contributed by atoms with Gasteiger partial charge in [0, 0.05) is 47.3 Å². The lowest BCUT2D eigenvalue weighted by molar-refractivity contribution is -0.136. The Kier molecular flexibility index (Phi) is 16.0. The number of rotatable bonds is 24. The van der Waals surface area contributed by atoms with Gasteiger partial charge in [-0.3, -0.25) is 43.0 Å². The number of hydrogen-bond acceptors (Lipinski definition) is 11. The molecule has 324 valence electrons. The molecule has 1 aromatic heterocycles. The molecule has 0 spiro atoms. The van der Waals surface area contributed by atoms with Crippen LogP contribution in [0, 0.1) is 5.92 Å². The lowest BCUT2D eigenvalue weighted by atomic mass is 10.0. The molecule has 1 fully saturated rings. The van der Waals surface area contributed by atoms with Gasteiger partial charge in [-0.1, -0.05) is 42.5 Å². The Labute approximate surface area is 355 Å². The van der Waals surface area contributed by atoms with E-state index >= 15 is 0 Å². The van der Waals surface area contributed by atoms with E-state index in [0.29, 0.717) is 43.2 Å². The maximum absolute atomic E-state index is 13.5. The normalized spacial score (nSPS) is 15.1. The van der Waals surface area contributed by atoms with Gasteiger partial charge in [0.1, 0.15) is 23.4 Å². The van der Waals surface area contributed by atoms with E-state index in [-0.39, 0.29) is 86.6 Å². The van der Waals surface area contributed by atoms with E-state index in [2.05, 4.69) is 10.6 Å². The molecule has 2 aliphatic rings. The van der Waals surface area contributed by atoms with Crippen molar-refractivity contribution in [1.82, 2.24) is 14.8 Å². The highest BCUT2D eigenvalue weighted by Crippen LogP contribution is 2.35. The number of carbonyl (C=O) groups is 5. The van der Waals surface area contributed by atoms with Crippen LogP contribution in [-0.4, -0.2) is 123 Å². The van der Waals surface area contributed by atoms with Crippen LogP contribution in [0.2, 0.25) is 0 Å². The van der Waals surface area contributed by atoms with Crippen molar-refractivity contribution in [2.45, 2.75) is 31.8 Å². The number of ether oxygens (including phenoxy) is 5. The summed E-state index contributed by atoms with van der Waals surface area (Å²) in [7, 11) is 0. The second-order valence-electron chi connectivity index (χ2n) is 14.3. The Hall–Kier alpha value is -5.66. The highest BCUT2D eigenvalue weighted by Gasteiger charge is 2.46. The van der Waals surface area contributed by atoms with Crippen molar-refractivity contribution >= 4 is 63.3 Å². The molecule has 3 aromatic carbocycles. The summed E-state index contributed by atoms with van der Waals surface area (Å²) in [5.41, 5.74) is 9.69. The number of fused-ring (bicyclic) bond motifs is 2. The van der Waals surface area contributed by atoms with Crippen molar-refractivity contribution < 1.29 is 56.4 Å². The number of nitrogens with zero attached hydrogens (tertiary/aromatic N) is 2. The van der Waals surface area contributed by atoms with Crippen molar-refractivity contribution in [3.05, 3.63) is 83.6 Å². The lowest BCUT2D eigenvalue weighted by Gasteiger charge is -2.27. The monoisotopic (exact) mass is 863 g/mol. The number of nitrogens with two attached hydrogens (primary N) is 1. The summed E-state index contributed by atoms with van der Waals surface area (Å²) in [5, 5.41) is 5.89. The van der Waals surface area contributed by atoms with Crippen LogP contribution in [-0.2, 0) is 39.9 Å². The van der Waals surface area contributed by atoms with Crippen molar-refractivity contribution in [3.63, 3.8) is 0 Å². The smallest absolute Gasteiger partial charge is 0.266 e. The largest absolute Gasteiger partial charge is 0.490 e. The number of piperidine rings is 1. The summed E-state index contributed by atoms with van der Waals surface area (Å²) in [6.07, 6.45) is 2.04. The zero-order valence-electron chi connectivity index (χ0n) is 33.3. The van der Waals surface area contributed by atoms with Crippen molar-refractivity contribution in [2.75, 3.05) is 78.1 Å². The number of anilines is 1. The van der Waals surface area contributed by atoms with Gasteiger partial charge in [-0.2, -0.15) is 0 Å². The second-order valence-corrected chi connectivity index (χ2v) is 14.7. The molecule has 0 bridgehead atoms. The number of benzene rings is 3. The number of aromatic nitrogens is 1. The minimum absolute atomic E-state index is 0.0307. The Morgan fingerprint density at radius 1 is 0.836 bits per heavy atom. The predicted octanol–water partition coefficient (Wildman–Crippen LogP) is 4.37. The average molecular weight is 864 g/mol. The molecule has 6 rings (SSSR count). The van der Waals surface area contributed by atoms with Gasteiger partial charge in [0.2, 0.25) is 17.7 Å². The zero-order chi connectivity index (χ0) is 43.3. The molecule has 4 aromatic rings. The summed E-state index contributed by atoms with van der Waals surface area (Å²) in [6, 6.07) is 16.4. The Bertz CT molecular complexity index is 2250. The predicted molar refractivity (Wildman–Crippen MR) is 224 cm³/mol. The van der Waals surface area contributed by atoms with Crippen molar-refractivity contribution in [1.29, 1.82) is 0 Å². The third-order valence-electron chi connectivity index (χ3n) is 10.0. The van der Waals surface area contributed by atoms with Crippen LogP contribution in [0.5, 0.6) is 5.75 Å². The summed E-state index contributed by atoms with van der Waals surface area (Å²) >= 11 is 5.14. The van der Waals surface area contributed by atoms with Gasteiger partial charge in [0.05, 0.1) is 89.3 Å². The minimum Gasteiger partial charge on any atom is -0.490 e. The molecule has 1 unspecified atom stereocenters. The van der Waals surface area contributed by atoms with E-state index < -0.39 is 48.9 Å². The Morgan fingerprint density at radius 3 is 2.18 bits per heavy atom. The van der Waals surface area contributed by atoms with Crippen LogP contribution < -0.4 is 21.1 Å². The topological polar surface area (TPSA) is 190 Å². The molecule has 4 N–H and O–H groups in total. The summed E-state index contributed by atoms with van der Waals surface area (Å²) in [6.45, 7) is 0.778. The van der Waals surface area contributed by atoms with Crippen LogP contribution in [0.15, 0.2) is 66.9 Å². The van der Waals surface area contributed by atoms with E-state index in [4.69, 9.17) is 41.6 Å². The molecule has 61 heavy (non-hydrogen) atoms. The first-order valence-electron chi connectivity index (χ1n) is 19.8. The van der Waals surface area contributed by atoms with Crippen LogP contribution >= 0.6 is 12.2 Å². The number of carbonyl (C=O) groups excluding carboxylic acids is 5. The molecular formula is C43H47F2N5O10S. The van der Waals surface area contributed by atoms with Gasteiger partial charge in [0.25, 0.3) is 11.8 Å². The number of alkyl halides is 2. The van der Waals surface area contributed by atoms with Crippen molar-refractivity contribution in [2.24, 2.45) is 11.7 Å². The maximum Gasteiger partial charge on any atom is 0.266 e. The number of nitrogens with one attached hydrogen (secondary N) is 2. The van der Waals surface area contributed by atoms with Crippen LogP contribution in [0.1, 0.15) is 45.5 Å². The molecule has 18 heteroatoms. The molecule has 0 radical (unpaired) electrons. The lowest BCUT2D eigenvalue weighted by Crippen LogP contribution is -2.54. The second kappa shape index (κ2) is 21.7. The van der Waals surface area contributed by atoms with E-state index in [1.807, 2.05) is 36.5 Å². The number of thiocarbonyl (C=S) groups is 1. The number of halogens is 2. The molecule has 1 saturated heterocycles. The first kappa shape index (κ1) is 44.9. The Balaban J connectivity index is 0.829. The third-order valence-corrected chi connectivity index (χ3v) is 10.3. The Morgan fingerprint density at radius 2 is 1.51 bits per heavy atom. The molecule has 5 amide bonds. The van der Waals surface area contributed by atoms with E-state index in [1.165, 1.54) is 6.07 Å². The molecular weight excluding hydrogens is 817 g/mol. The fraction of sp³-hybridized carbons (Fsp3) is 0.395. The first-order valence-corrected chi connectivity index (χ1v) is 20.2. The molecule has 3 heterocycles. The molecule has 15 nitrogen and oxygen atoms in total. The number of amides is 5. The number of hydrogen-bond donors (Lipinski definition) is 3. The fourth-order valence-corrected chi connectivity index (χ4v) is 7.10. The van der Waals surface area contributed by atoms with Crippen LogP contribution in [0.4, 0.5) is 14.5 Å². The maximum atomic E-state index is 13.5. The van der Waals surface area contributed by atoms with Crippen LogP contribution in [0.25, 0.3) is 22.0 Å². The quantitative estimate of drug-likeness (QED) is 0.0514. The van der Waals surface area contributed by atoms with Gasteiger partial charge in [-0.15, -0.1) is 0 Å². The molecule has 1 atom stereocenters. The minimum atomic E-state index is -1.06.